The summed E-state index contributed by atoms with van der Waals surface area (Å²) < 4.78 is 39.1. The third-order valence-corrected chi connectivity index (χ3v) is 5.37. The first-order valence-corrected chi connectivity index (χ1v) is 9.66. The lowest BCUT2D eigenvalue weighted by atomic mass is 9.95. The minimum Gasteiger partial charge on any atom is -0.507 e. The van der Waals surface area contributed by atoms with Crippen molar-refractivity contribution in [1.29, 1.82) is 0 Å². The molecule has 1 N–H and O–H groups in total. The maximum absolute atomic E-state index is 14.6. The zero-order chi connectivity index (χ0) is 22.4. The van der Waals surface area contributed by atoms with Crippen LogP contribution < -0.4 is 14.4 Å². The molecule has 1 fully saturated rings. The van der Waals surface area contributed by atoms with Gasteiger partial charge in [0, 0.05) is 11.6 Å². The summed E-state index contributed by atoms with van der Waals surface area (Å²) in [6.07, 6.45) is 0. The molecular formula is C24H15F2NO5. The van der Waals surface area contributed by atoms with Crippen LogP contribution in [-0.2, 0) is 9.59 Å². The van der Waals surface area contributed by atoms with Gasteiger partial charge in [-0.1, -0.05) is 30.3 Å². The first kappa shape index (κ1) is 19.7. The number of anilines is 1. The van der Waals surface area contributed by atoms with E-state index in [1.165, 1.54) is 12.1 Å². The molecule has 0 saturated carbocycles. The van der Waals surface area contributed by atoms with Crippen LogP contribution in [-0.4, -0.2) is 23.6 Å². The van der Waals surface area contributed by atoms with Gasteiger partial charge in [-0.2, -0.15) is 0 Å². The topological polar surface area (TPSA) is 76.1 Å². The molecule has 2 aliphatic rings. The number of carbonyl (C=O) groups is 2. The molecule has 1 unspecified atom stereocenters. The molecule has 0 aromatic heterocycles. The molecule has 0 aliphatic carbocycles. The fourth-order valence-corrected chi connectivity index (χ4v) is 3.90. The Hall–Kier alpha value is -4.20. The largest absolute Gasteiger partial charge is 0.507 e. The number of hydrogen-bond donors (Lipinski definition) is 1. The summed E-state index contributed by atoms with van der Waals surface area (Å²) in [5.74, 6) is -3.36. The van der Waals surface area contributed by atoms with Gasteiger partial charge in [0.2, 0.25) is 6.79 Å². The van der Waals surface area contributed by atoms with Gasteiger partial charge < -0.3 is 14.6 Å². The Morgan fingerprint density at radius 3 is 2.47 bits per heavy atom. The zero-order valence-electron chi connectivity index (χ0n) is 16.4. The first-order valence-electron chi connectivity index (χ1n) is 9.66. The number of carbonyl (C=O) groups excluding carboxylic acids is 2. The van der Waals surface area contributed by atoms with E-state index in [0.717, 1.165) is 23.1 Å². The molecule has 5 rings (SSSR count). The van der Waals surface area contributed by atoms with Crippen LogP contribution in [0.15, 0.2) is 72.3 Å². The first-order chi connectivity index (χ1) is 15.5. The van der Waals surface area contributed by atoms with Gasteiger partial charge in [0.1, 0.15) is 17.4 Å². The number of fused-ring (bicyclic) bond motifs is 1. The lowest BCUT2D eigenvalue weighted by Gasteiger charge is -2.25. The molecule has 0 spiro atoms. The number of benzene rings is 3. The molecule has 2 heterocycles. The second-order valence-corrected chi connectivity index (χ2v) is 7.24. The molecule has 3 aromatic carbocycles. The molecule has 3 aromatic rings. The highest BCUT2D eigenvalue weighted by molar-refractivity contribution is 6.51. The molecule has 8 heteroatoms. The third-order valence-electron chi connectivity index (χ3n) is 5.37. The molecule has 0 radical (unpaired) electrons. The molecular weight excluding hydrogens is 420 g/mol. The van der Waals surface area contributed by atoms with Crippen LogP contribution in [0.2, 0.25) is 0 Å². The summed E-state index contributed by atoms with van der Waals surface area (Å²) in [6.45, 7) is 0.0206. The summed E-state index contributed by atoms with van der Waals surface area (Å²) in [4.78, 5) is 26.9. The van der Waals surface area contributed by atoms with E-state index in [1.54, 1.807) is 36.4 Å². The number of nitrogens with zero attached hydrogens (tertiary/aromatic N) is 1. The predicted molar refractivity (Wildman–Crippen MR) is 110 cm³/mol. The SMILES string of the molecule is O=C1C(=O)N(c2cc(F)ccc2F)C(c2ccccc2)/C1=C(/O)c1ccc2c(c1)OCO2. The molecule has 0 bridgehead atoms. The Morgan fingerprint density at radius 1 is 0.938 bits per heavy atom. The van der Waals surface area contributed by atoms with Gasteiger partial charge >= 0.3 is 0 Å². The Bertz CT molecular complexity index is 1290. The van der Waals surface area contributed by atoms with Gasteiger partial charge in [-0.3, -0.25) is 14.5 Å². The molecule has 2 aliphatic heterocycles. The van der Waals surface area contributed by atoms with Crippen molar-refractivity contribution >= 4 is 23.1 Å². The second kappa shape index (κ2) is 7.49. The number of ketones is 1. The minimum absolute atomic E-state index is 0.0206. The monoisotopic (exact) mass is 435 g/mol. The van der Waals surface area contributed by atoms with E-state index >= 15 is 0 Å². The van der Waals surface area contributed by atoms with Crippen molar-refractivity contribution in [1.82, 2.24) is 0 Å². The van der Waals surface area contributed by atoms with Crippen LogP contribution in [0.4, 0.5) is 14.5 Å². The van der Waals surface area contributed by atoms with Crippen molar-refractivity contribution in [3.63, 3.8) is 0 Å². The van der Waals surface area contributed by atoms with E-state index in [4.69, 9.17) is 9.47 Å². The van der Waals surface area contributed by atoms with Gasteiger partial charge in [-0.15, -0.1) is 0 Å². The van der Waals surface area contributed by atoms with E-state index < -0.39 is 40.8 Å². The van der Waals surface area contributed by atoms with E-state index in [-0.39, 0.29) is 17.9 Å². The normalized spacial score (nSPS) is 18.9. The quantitative estimate of drug-likeness (QED) is 0.377. The van der Waals surface area contributed by atoms with E-state index in [2.05, 4.69) is 0 Å². The summed E-state index contributed by atoms with van der Waals surface area (Å²) in [7, 11) is 0. The maximum atomic E-state index is 14.6. The van der Waals surface area contributed by atoms with Crippen LogP contribution >= 0.6 is 0 Å². The van der Waals surface area contributed by atoms with E-state index in [9.17, 15) is 23.5 Å². The van der Waals surface area contributed by atoms with Crippen LogP contribution in [0.25, 0.3) is 5.76 Å². The minimum atomic E-state index is -1.17. The molecule has 32 heavy (non-hydrogen) atoms. The van der Waals surface area contributed by atoms with Crippen LogP contribution in [0, 0.1) is 11.6 Å². The molecule has 1 amide bonds. The zero-order valence-corrected chi connectivity index (χ0v) is 16.4. The lowest BCUT2D eigenvalue weighted by molar-refractivity contribution is -0.132. The predicted octanol–water partition coefficient (Wildman–Crippen LogP) is 4.32. The third kappa shape index (κ3) is 3.08. The lowest BCUT2D eigenvalue weighted by Crippen LogP contribution is -2.30. The summed E-state index contributed by atoms with van der Waals surface area (Å²) >= 11 is 0. The molecule has 6 nitrogen and oxygen atoms in total. The highest BCUT2D eigenvalue weighted by Crippen LogP contribution is 2.44. The van der Waals surface area contributed by atoms with E-state index in [0.29, 0.717) is 17.1 Å². The number of rotatable bonds is 3. The van der Waals surface area contributed by atoms with Gasteiger partial charge in [-0.05, 0) is 35.9 Å². The van der Waals surface area contributed by atoms with Gasteiger partial charge in [-0.25, -0.2) is 8.78 Å². The standard InChI is InChI=1S/C24H15F2NO5/c25-15-7-8-16(26)17(11-15)27-21(13-4-2-1-3-5-13)20(23(29)24(27)30)22(28)14-6-9-18-19(10-14)32-12-31-18/h1-11,21,28H,12H2/b22-20-. The van der Waals surface area contributed by atoms with Crippen molar-refractivity contribution in [2.75, 3.05) is 11.7 Å². The van der Waals surface area contributed by atoms with Crippen molar-refractivity contribution in [2.45, 2.75) is 6.04 Å². The number of ether oxygens (including phenoxy) is 2. The Kier molecular flexibility index (Phi) is 4.62. The average molecular weight is 435 g/mol. The Labute approximate surface area is 180 Å². The fourth-order valence-electron chi connectivity index (χ4n) is 3.90. The maximum Gasteiger partial charge on any atom is 0.300 e. The second-order valence-electron chi connectivity index (χ2n) is 7.24. The summed E-state index contributed by atoms with van der Waals surface area (Å²) in [5, 5.41) is 11.1. The van der Waals surface area contributed by atoms with E-state index in [1.807, 2.05) is 0 Å². The molecule has 1 saturated heterocycles. The van der Waals surface area contributed by atoms with Gasteiger partial charge in [0.25, 0.3) is 11.7 Å². The number of aliphatic hydroxyl groups excluding tert-OH is 1. The van der Waals surface area contributed by atoms with Crippen LogP contribution in [0.3, 0.4) is 0 Å². The number of aliphatic hydroxyl groups is 1. The van der Waals surface area contributed by atoms with Crippen LogP contribution in [0.5, 0.6) is 11.5 Å². The summed E-state index contributed by atoms with van der Waals surface area (Å²) in [5.41, 5.74) is 0.0139. The van der Waals surface area contributed by atoms with Crippen molar-refractivity contribution in [2.24, 2.45) is 0 Å². The van der Waals surface area contributed by atoms with Crippen molar-refractivity contribution in [3.8, 4) is 11.5 Å². The van der Waals surface area contributed by atoms with Crippen molar-refractivity contribution < 1.29 is 33.0 Å². The molecule has 1 atom stereocenters. The average Bonchev–Trinajstić information content (AvgIpc) is 3.38. The molecule has 160 valence electrons. The van der Waals surface area contributed by atoms with Crippen LogP contribution in [0.1, 0.15) is 17.2 Å². The highest BCUT2D eigenvalue weighted by atomic mass is 19.1. The Morgan fingerprint density at radius 2 is 1.69 bits per heavy atom. The number of amides is 1. The van der Waals surface area contributed by atoms with Gasteiger partial charge in [0.15, 0.2) is 11.5 Å². The fraction of sp³-hybridized carbons (Fsp3) is 0.0833. The Balaban J connectivity index is 1.73. The van der Waals surface area contributed by atoms with Crippen molar-refractivity contribution in [3.05, 3.63) is 95.1 Å². The number of hydrogen-bond acceptors (Lipinski definition) is 5. The number of Topliss-reactive ketones (excluding diaryl/α,β-unsaturated/α-hetero) is 1. The van der Waals surface area contributed by atoms with Gasteiger partial charge in [0.05, 0.1) is 17.3 Å². The summed E-state index contributed by atoms with van der Waals surface area (Å²) in [6, 6.07) is 14.4. The highest BCUT2D eigenvalue weighted by Gasteiger charge is 2.47. The smallest absolute Gasteiger partial charge is 0.300 e. The number of halogens is 2.